The fraction of sp³-hybridized carbons (Fsp3) is 0.448. The molecule has 7 N–H and O–H groups in total. The molecular formula is C29H32N5O18P-4. The molecule has 53 heavy (non-hydrogen) atoms. The van der Waals surface area contributed by atoms with Gasteiger partial charge in [0.15, 0.2) is 5.43 Å². The van der Waals surface area contributed by atoms with Crippen molar-refractivity contribution in [1.82, 2.24) is 25.2 Å². The fourth-order valence-corrected chi connectivity index (χ4v) is 5.74. The molecule has 1 aromatic rings. The number of hydrogen-bond donors (Lipinski definition) is 7. The van der Waals surface area contributed by atoms with Gasteiger partial charge in [0.25, 0.3) is 13.4 Å². The molecule has 1 aliphatic carbocycles. The zero-order valence-corrected chi connectivity index (χ0v) is 28.3. The third kappa shape index (κ3) is 11.9. The summed E-state index contributed by atoms with van der Waals surface area (Å²) in [5.74, 6) is -7.83. The number of aromatic nitrogens is 3. The zero-order chi connectivity index (χ0) is 39.8. The van der Waals surface area contributed by atoms with E-state index in [9.17, 15) is 78.5 Å². The Morgan fingerprint density at radius 2 is 1.53 bits per heavy atom. The molecule has 0 bridgehead atoms. The number of H-pyrrole nitrogens is 2. The van der Waals surface area contributed by atoms with E-state index in [1.165, 1.54) is 18.2 Å². The predicted octanol–water partition coefficient (Wildman–Crippen LogP) is -7.76. The molecule has 2 heterocycles. The lowest BCUT2D eigenvalue weighted by molar-refractivity contribution is -0.311. The summed E-state index contributed by atoms with van der Waals surface area (Å²) in [6, 6.07) is 1.32. The SMILES string of the molecule is C[C@H](OP(=O)([O-])OC[C@@H](O)[C@@H](O)[C@@H](O)Cn1c2cc(=O)ccc-2cc2c(=O)[nH]c(=O)[nH]c21)C(=O)N[C@@H](CCC(=O)N[C@@H](CCC(=O)[O-])C(=O)[O-])C(=O)[O-]. The van der Waals surface area contributed by atoms with Gasteiger partial charge >= 0.3 is 5.69 Å². The average molecular weight is 770 g/mol. The fourth-order valence-electron chi connectivity index (χ4n) is 4.86. The number of nitrogens with zero attached hydrogens (tertiary/aromatic N) is 1. The summed E-state index contributed by atoms with van der Waals surface area (Å²) in [5.41, 5.74) is -2.01. The van der Waals surface area contributed by atoms with Crippen molar-refractivity contribution < 1.29 is 73.1 Å². The second kappa shape index (κ2) is 18.0. The Morgan fingerprint density at radius 3 is 2.15 bits per heavy atom. The number of phosphoric ester groups is 1. The average Bonchev–Trinajstić information content (AvgIpc) is 3.06. The molecule has 1 aromatic heterocycles. The van der Waals surface area contributed by atoms with Gasteiger partial charge in [-0.3, -0.25) is 33.7 Å². The number of hydrogen-bond acceptors (Lipinski definition) is 18. The van der Waals surface area contributed by atoms with Gasteiger partial charge in [-0.25, -0.2) is 4.79 Å². The molecule has 0 spiro atoms. The van der Waals surface area contributed by atoms with Gasteiger partial charge in [0.1, 0.15) is 30.1 Å². The quantitative estimate of drug-likeness (QED) is 0.0414. The van der Waals surface area contributed by atoms with E-state index in [1.54, 1.807) is 0 Å². The number of nitrogens with one attached hydrogen (secondary N) is 4. The molecular weight excluding hydrogens is 737 g/mol. The van der Waals surface area contributed by atoms with E-state index in [2.05, 4.69) is 14.0 Å². The van der Waals surface area contributed by atoms with Crippen LogP contribution in [0.4, 0.5) is 0 Å². The number of carbonyl (C=O) groups is 5. The van der Waals surface area contributed by atoms with Crippen molar-refractivity contribution >= 4 is 48.6 Å². The number of phosphoric acid groups is 1. The molecule has 2 amide bonds. The number of aliphatic hydroxyl groups excluding tert-OH is 3. The van der Waals surface area contributed by atoms with Gasteiger partial charge in [-0.05, 0) is 49.9 Å². The molecule has 7 atom stereocenters. The third-order valence-corrected chi connectivity index (χ3v) is 8.60. The maximum Gasteiger partial charge on any atom is 0.327 e. The van der Waals surface area contributed by atoms with Crippen LogP contribution in [0, 0.1) is 0 Å². The summed E-state index contributed by atoms with van der Waals surface area (Å²) < 4.78 is 22.5. The van der Waals surface area contributed by atoms with Crippen molar-refractivity contribution in [3.8, 4) is 11.3 Å². The summed E-state index contributed by atoms with van der Waals surface area (Å²) in [6.07, 6.45) is -11.1. The summed E-state index contributed by atoms with van der Waals surface area (Å²) in [6.45, 7) is -1.09. The number of amides is 2. The van der Waals surface area contributed by atoms with Gasteiger partial charge in [0, 0.05) is 18.5 Å². The number of fused-ring (bicyclic) bond motifs is 2. The minimum Gasteiger partial charge on any atom is -0.756 e. The molecule has 0 aromatic carbocycles. The van der Waals surface area contributed by atoms with E-state index in [1.807, 2.05) is 15.6 Å². The summed E-state index contributed by atoms with van der Waals surface area (Å²) in [4.78, 5) is 111. The summed E-state index contributed by atoms with van der Waals surface area (Å²) in [7, 11) is -5.53. The molecule has 0 saturated carbocycles. The van der Waals surface area contributed by atoms with Crippen LogP contribution in [0.5, 0.6) is 0 Å². The minimum atomic E-state index is -5.53. The largest absolute Gasteiger partial charge is 0.756 e. The summed E-state index contributed by atoms with van der Waals surface area (Å²) in [5, 5.41) is 68.5. The van der Waals surface area contributed by atoms with Crippen LogP contribution < -0.4 is 47.5 Å². The standard InChI is InChI=1S/C29H36N5O18P/c1-12(25(42)31-17(28(46)47)4-6-21(38)30-16(27(44)45)5-7-22(39)40)52-53(49,50)51-11-20(37)23(41)19(36)10-34-18-9-14(35)3-2-13(18)8-15-24(34)32-29(48)33-26(15)43/h2-3,8-9,12,16-17,19-20,23,36-37,41H,4-7,10-11H2,1H3,(H,30,38)(H,31,42)(H,39,40)(H,44,45)(H,46,47)(H,49,50)(H2,32,33,43,48)/p-4/t12-,16-,17-,19-,20+,23-/m0/s1. The third-order valence-electron chi connectivity index (χ3n) is 7.56. The van der Waals surface area contributed by atoms with Gasteiger partial charge < -0.3 is 74.2 Å². The van der Waals surface area contributed by atoms with E-state index < -0.39 is 130 Å². The first-order chi connectivity index (χ1) is 24.7. The molecule has 0 radical (unpaired) electrons. The second-order valence-electron chi connectivity index (χ2n) is 11.5. The highest BCUT2D eigenvalue weighted by atomic mass is 31.2. The van der Waals surface area contributed by atoms with Crippen LogP contribution in [0.25, 0.3) is 22.3 Å². The highest BCUT2D eigenvalue weighted by Crippen LogP contribution is 2.40. The van der Waals surface area contributed by atoms with Crippen molar-refractivity contribution in [2.24, 2.45) is 0 Å². The molecule has 2 aliphatic rings. The molecule has 1 unspecified atom stereocenters. The first-order valence-corrected chi connectivity index (χ1v) is 16.8. The van der Waals surface area contributed by atoms with E-state index in [4.69, 9.17) is 0 Å². The van der Waals surface area contributed by atoms with Gasteiger partial charge in [0.2, 0.25) is 11.8 Å². The normalized spacial score (nSPS) is 16.1. The van der Waals surface area contributed by atoms with Crippen LogP contribution in [0.3, 0.4) is 0 Å². The topological polar surface area (TPSA) is 386 Å². The van der Waals surface area contributed by atoms with E-state index in [0.717, 1.165) is 17.6 Å². The number of rotatable bonds is 20. The first-order valence-electron chi connectivity index (χ1n) is 15.4. The van der Waals surface area contributed by atoms with Crippen molar-refractivity contribution in [2.45, 2.75) is 75.7 Å². The molecule has 0 saturated heterocycles. The maximum atomic E-state index is 12.5. The van der Waals surface area contributed by atoms with E-state index in [0.29, 0.717) is 5.56 Å². The number of carboxylic acid groups (broad SMARTS) is 3. The molecule has 23 nitrogen and oxygen atoms in total. The highest BCUT2D eigenvalue weighted by Gasteiger charge is 2.30. The van der Waals surface area contributed by atoms with E-state index in [-0.39, 0.29) is 16.7 Å². The van der Waals surface area contributed by atoms with Crippen LogP contribution in [-0.4, -0.2) is 103 Å². The van der Waals surface area contributed by atoms with Crippen LogP contribution >= 0.6 is 7.82 Å². The van der Waals surface area contributed by atoms with Crippen molar-refractivity contribution in [2.75, 3.05) is 6.61 Å². The highest BCUT2D eigenvalue weighted by molar-refractivity contribution is 7.45. The number of pyridine rings is 1. The van der Waals surface area contributed by atoms with Crippen LogP contribution in [0.2, 0.25) is 0 Å². The molecule has 290 valence electrons. The number of benzene rings is 1. The van der Waals surface area contributed by atoms with Gasteiger partial charge in [0.05, 0.1) is 48.3 Å². The predicted molar refractivity (Wildman–Crippen MR) is 166 cm³/mol. The van der Waals surface area contributed by atoms with E-state index >= 15 is 0 Å². The van der Waals surface area contributed by atoms with Crippen LogP contribution in [0.1, 0.15) is 32.6 Å². The number of aromatic amines is 2. The Morgan fingerprint density at radius 1 is 0.906 bits per heavy atom. The van der Waals surface area contributed by atoms with Crippen LogP contribution in [-0.2, 0) is 44.1 Å². The molecule has 1 aliphatic heterocycles. The van der Waals surface area contributed by atoms with Crippen LogP contribution in [0.15, 0.2) is 38.6 Å². The lowest BCUT2D eigenvalue weighted by Gasteiger charge is -2.30. The zero-order valence-electron chi connectivity index (χ0n) is 27.4. The smallest absolute Gasteiger partial charge is 0.327 e. The molecule has 3 rings (SSSR count). The van der Waals surface area contributed by atoms with Gasteiger partial charge in [-0.2, -0.15) is 0 Å². The Labute approximate surface area is 295 Å². The lowest BCUT2D eigenvalue weighted by atomic mass is 10.0. The molecule has 0 fully saturated rings. The number of aliphatic carboxylic acids is 3. The Balaban J connectivity index is 1.59. The second-order valence-corrected chi connectivity index (χ2v) is 12.9. The number of aliphatic hydroxyl groups is 3. The van der Waals surface area contributed by atoms with Gasteiger partial charge in [-0.15, -0.1) is 0 Å². The van der Waals surface area contributed by atoms with Crippen molar-refractivity contribution in [1.29, 1.82) is 0 Å². The lowest BCUT2D eigenvalue weighted by Crippen LogP contribution is -2.52. The monoisotopic (exact) mass is 769 g/mol. The summed E-state index contributed by atoms with van der Waals surface area (Å²) >= 11 is 0. The van der Waals surface area contributed by atoms with Crippen molar-refractivity contribution in [3.05, 3.63) is 55.3 Å². The number of carbonyl (C=O) groups excluding carboxylic acids is 5. The van der Waals surface area contributed by atoms with Crippen molar-refractivity contribution in [3.63, 3.8) is 0 Å². The number of carboxylic acids is 3. The first kappa shape index (κ1) is 42.1. The Bertz CT molecular complexity index is 2040. The minimum absolute atomic E-state index is 0.0740. The Hall–Kier alpha value is -5.29. The maximum absolute atomic E-state index is 12.5. The van der Waals surface area contributed by atoms with Gasteiger partial charge in [-0.1, -0.05) is 0 Å². The molecule has 24 heteroatoms. The Kier molecular flexibility index (Phi) is 14.3.